The molecule has 0 aliphatic carbocycles. The molecule has 2 nitrogen and oxygen atoms in total. The van der Waals surface area contributed by atoms with Crippen LogP contribution in [-0.2, 0) is 19.0 Å². The second kappa shape index (κ2) is 5.99. The largest absolute Gasteiger partial charge is 0.478 e. The van der Waals surface area contributed by atoms with Crippen molar-refractivity contribution in [3.05, 3.63) is 70.8 Å². The van der Waals surface area contributed by atoms with E-state index >= 15 is 0 Å². The monoisotopic (exact) mass is 294 g/mol. The van der Waals surface area contributed by atoms with Crippen LogP contribution < -0.4 is 0 Å². The van der Waals surface area contributed by atoms with Crippen LogP contribution in [0.4, 0.5) is 13.2 Å². The zero-order valence-corrected chi connectivity index (χ0v) is 11.0. The number of hydrogen-bond donors (Lipinski definition) is 1. The van der Waals surface area contributed by atoms with Crippen molar-refractivity contribution >= 4 is 5.97 Å². The highest BCUT2D eigenvalue weighted by Crippen LogP contribution is 2.29. The zero-order valence-electron chi connectivity index (χ0n) is 11.0. The summed E-state index contributed by atoms with van der Waals surface area (Å²) in [5.74, 6) is -0.982. The van der Waals surface area contributed by atoms with E-state index in [1.54, 1.807) is 12.1 Å². The van der Waals surface area contributed by atoms with Crippen LogP contribution in [0.2, 0.25) is 0 Å². The van der Waals surface area contributed by atoms with Gasteiger partial charge in [-0.25, -0.2) is 4.79 Å². The Morgan fingerprint density at radius 1 is 0.857 bits per heavy atom. The molecular weight excluding hydrogens is 281 g/mol. The number of carboxylic acid groups (broad SMARTS) is 1. The number of carboxylic acids is 1. The smallest absolute Gasteiger partial charge is 0.416 e. The zero-order chi connectivity index (χ0) is 15.5. The van der Waals surface area contributed by atoms with Crippen LogP contribution in [0.15, 0.2) is 48.5 Å². The lowest BCUT2D eigenvalue weighted by atomic mass is 10.0. The maximum Gasteiger partial charge on any atom is 0.416 e. The predicted octanol–water partition coefficient (Wildman–Crippen LogP) is 4.19. The van der Waals surface area contributed by atoms with Gasteiger partial charge in [-0.15, -0.1) is 0 Å². The summed E-state index contributed by atoms with van der Waals surface area (Å²) in [6.07, 6.45) is -3.07. The summed E-state index contributed by atoms with van der Waals surface area (Å²) in [5.41, 5.74) is 1.32. The van der Waals surface area contributed by atoms with Crippen LogP contribution in [0.1, 0.15) is 27.0 Å². The molecule has 0 saturated carbocycles. The van der Waals surface area contributed by atoms with E-state index in [-0.39, 0.29) is 5.56 Å². The van der Waals surface area contributed by atoms with Crippen molar-refractivity contribution in [2.75, 3.05) is 0 Å². The number of halogens is 3. The Hall–Kier alpha value is -2.30. The molecule has 0 saturated heterocycles. The summed E-state index contributed by atoms with van der Waals surface area (Å²) >= 11 is 0. The molecule has 0 radical (unpaired) electrons. The van der Waals surface area contributed by atoms with Gasteiger partial charge in [-0.3, -0.25) is 0 Å². The predicted molar refractivity (Wildman–Crippen MR) is 72.3 cm³/mol. The Balaban J connectivity index is 1.98. The average molecular weight is 294 g/mol. The molecule has 0 amide bonds. The minimum absolute atomic E-state index is 0.216. The molecule has 5 heteroatoms. The maximum atomic E-state index is 12.4. The van der Waals surface area contributed by atoms with Crippen molar-refractivity contribution in [2.24, 2.45) is 0 Å². The van der Waals surface area contributed by atoms with Crippen molar-refractivity contribution in [1.82, 2.24) is 0 Å². The van der Waals surface area contributed by atoms with Crippen LogP contribution in [0.25, 0.3) is 0 Å². The van der Waals surface area contributed by atoms with Crippen LogP contribution in [0, 0.1) is 0 Å². The Morgan fingerprint density at radius 3 is 1.67 bits per heavy atom. The first-order chi connectivity index (χ1) is 9.86. The van der Waals surface area contributed by atoms with E-state index in [2.05, 4.69) is 0 Å². The molecular formula is C16H13F3O2. The number of hydrogen-bond acceptors (Lipinski definition) is 1. The van der Waals surface area contributed by atoms with Gasteiger partial charge < -0.3 is 5.11 Å². The molecule has 0 aromatic heterocycles. The molecule has 0 spiro atoms. The SMILES string of the molecule is O=C(O)c1ccc(CCc2ccc(C(F)(F)F)cc2)cc1. The van der Waals surface area contributed by atoms with Gasteiger partial charge in [0, 0.05) is 0 Å². The van der Waals surface area contributed by atoms with Crippen molar-refractivity contribution in [3.8, 4) is 0 Å². The fraction of sp³-hybridized carbons (Fsp3) is 0.188. The van der Waals surface area contributed by atoms with Gasteiger partial charge in [-0.1, -0.05) is 24.3 Å². The summed E-state index contributed by atoms with van der Waals surface area (Å²) in [4.78, 5) is 10.7. The fourth-order valence-corrected chi connectivity index (χ4v) is 1.96. The van der Waals surface area contributed by atoms with E-state index in [0.717, 1.165) is 23.3 Å². The van der Waals surface area contributed by atoms with Crippen LogP contribution >= 0.6 is 0 Å². The van der Waals surface area contributed by atoms with Gasteiger partial charge in [0.1, 0.15) is 0 Å². The van der Waals surface area contributed by atoms with Crippen LogP contribution in [0.5, 0.6) is 0 Å². The van der Waals surface area contributed by atoms with E-state index < -0.39 is 17.7 Å². The van der Waals surface area contributed by atoms with Crippen molar-refractivity contribution in [3.63, 3.8) is 0 Å². The summed E-state index contributed by atoms with van der Waals surface area (Å²) in [6.45, 7) is 0. The molecule has 1 N–H and O–H groups in total. The molecule has 2 aromatic rings. The lowest BCUT2D eigenvalue weighted by Gasteiger charge is -2.07. The van der Waals surface area contributed by atoms with E-state index in [0.29, 0.717) is 12.8 Å². The third-order valence-electron chi connectivity index (χ3n) is 3.18. The Morgan fingerprint density at radius 2 is 1.29 bits per heavy atom. The molecule has 2 aromatic carbocycles. The molecule has 0 aliphatic heterocycles. The standard InChI is InChI=1S/C16H13F3O2/c17-16(18,19)14-9-5-12(6-10-14)2-1-11-3-7-13(8-4-11)15(20)21/h3-10H,1-2H2,(H,20,21). The van der Waals surface area contributed by atoms with Gasteiger partial charge in [-0.2, -0.15) is 13.2 Å². The van der Waals surface area contributed by atoms with Gasteiger partial charge in [0.05, 0.1) is 11.1 Å². The molecule has 2 rings (SSSR count). The van der Waals surface area contributed by atoms with Crippen LogP contribution in [-0.4, -0.2) is 11.1 Å². The lowest BCUT2D eigenvalue weighted by molar-refractivity contribution is -0.137. The van der Waals surface area contributed by atoms with E-state index in [9.17, 15) is 18.0 Å². The number of carbonyl (C=O) groups is 1. The van der Waals surface area contributed by atoms with E-state index in [4.69, 9.17) is 5.11 Å². The molecule has 0 aliphatic rings. The van der Waals surface area contributed by atoms with Gasteiger partial charge >= 0.3 is 12.1 Å². The summed E-state index contributed by atoms with van der Waals surface area (Å²) in [5, 5.41) is 8.78. The molecule has 0 heterocycles. The number of aromatic carboxylic acids is 1. The first kappa shape index (κ1) is 15.1. The number of aryl methyl sites for hydroxylation is 2. The minimum atomic E-state index is -4.31. The van der Waals surface area contributed by atoms with Crippen molar-refractivity contribution in [2.45, 2.75) is 19.0 Å². The normalized spacial score (nSPS) is 11.4. The van der Waals surface area contributed by atoms with Crippen molar-refractivity contribution in [1.29, 1.82) is 0 Å². The average Bonchev–Trinajstić information content (AvgIpc) is 2.45. The van der Waals surface area contributed by atoms with Crippen LogP contribution in [0.3, 0.4) is 0 Å². The van der Waals surface area contributed by atoms with Gasteiger partial charge in [-0.05, 0) is 48.2 Å². The number of alkyl halides is 3. The summed E-state index contributed by atoms with van der Waals surface area (Å²) < 4.78 is 37.3. The molecule has 21 heavy (non-hydrogen) atoms. The van der Waals surface area contributed by atoms with Crippen molar-refractivity contribution < 1.29 is 23.1 Å². The Labute approximate surface area is 119 Å². The maximum absolute atomic E-state index is 12.4. The number of benzene rings is 2. The lowest BCUT2D eigenvalue weighted by Crippen LogP contribution is -2.04. The van der Waals surface area contributed by atoms with E-state index in [1.807, 2.05) is 0 Å². The topological polar surface area (TPSA) is 37.3 Å². The quantitative estimate of drug-likeness (QED) is 0.918. The molecule has 0 bridgehead atoms. The third kappa shape index (κ3) is 4.08. The number of rotatable bonds is 4. The highest BCUT2D eigenvalue weighted by molar-refractivity contribution is 5.87. The summed E-state index contributed by atoms with van der Waals surface area (Å²) in [6, 6.07) is 11.5. The molecule has 0 atom stereocenters. The second-order valence-corrected chi connectivity index (χ2v) is 4.70. The molecule has 0 fully saturated rings. The van der Waals surface area contributed by atoms with Gasteiger partial charge in [0.25, 0.3) is 0 Å². The molecule has 110 valence electrons. The van der Waals surface area contributed by atoms with Gasteiger partial charge in [0.2, 0.25) is 0 Å². The second-order valence-electron chi connectivity index (χ2n) is 4.70. The molecule has 0 unspecified atom stereocenters. The Bertz CT molecular complexity index is 613. The van der Waals surface area contributed by atoms with Gasteiger partial charge in [0.15, 0.2) is 0 Å². The minimum Gasteiger partial charge on any atom is -0.478 e. The summed E-state index contributed by atoms with van der Waals surface area (Å²) in [7, 11) is 0. The third-order valence-corrected chi connectivity index (χ3v) is 3.18. The highest BCUT2D eigenvalue weighted by atomic mass is 19.4. The first-order valence-electron chi connectivity index (χ1n) is 6.34. The Kier molecular flexibility index (Phi) is 4.31. The van der Waals surface area contributed by atoms with E-state index in [1.165, 1.54) is 24.3 Å². The first-order valence-corrected chi connectivity index (χ1v) is 6.34. The fourth-order valence-electron chi connectivity index (χ4n) is 1.96. The highest BCUT2D eigenvalue weighted by Gasteiger charge is 2.29.